The van der Waals surface area contributed by atoms with E-state index in [1.54, 1.807) is 13.2 Å². The number of ether oxygens (including phenoxy) is 2. The molecule has 1 aliphatic heterocycles. The molecule has 2 aromatic rings. The molecule has 0 amide bonds. The third kappa shape index (κ3) is 2.08. The maximum Gasteiger partial charge on any atom is 0.229 e. The van der Waals surface area contributed by atoms with Crippen molar-refractivity contribution in [2.75, 3.05) is 25.6 Å². The van der Waals surface area contributed by atoms with Crippen molar-refractivity contribution in [2.45, 2.75) is 18.9 Å². The summed E-state index contributed by atoms with van der Waals surface area (Å²) in [6, 6.07) is 0. The quantitative estimate of drug-likeness (QED) is 0.842. The van der Waals surface area contributed by atoms with Crippen LogP contribution >= 0.6 is 0 Å². The van der Waals surface area contributed by atoms with E-state index in [4.69, 9.17) is 9.47 Å². The van der Waals surface area contributed by atoms with Gasteiger partial charge in [-0.1, -0.05) is 0 Å². The largest absolute Gasteiger partial charge is 0.474 e. The lowest BCUT2D eigenvalue weighted by Crippen LogP contribution is -2.26. The Hall–Kier alpha value is -1.89. The molecule has 1 saturated heterocycles. The number of hydrogen-bond donors (Lipinski definition) is 2. The number of nitrogens with one attached hydrogen (secondary N) is 2. The van der Waals surface area contributed by atoms with Crippen molar-refractivity contribution < 1.29 is 9.47 Å². The van der Waals surface area contributed by atoms with Crippen LogP contribution in [-0.2, 0) is 4.74 Å². The van der Waals surface area contributed by atoms with Gasteiger partial charge in [0.1, 0.15) is 11.5 Å². The van der Waals surface area contributed by atoms with Crippen molar-refractivity contribution in [3.8, 4) is 5.88 Å². The summed E-state index contributed by atoms with van der Waals surface area (Å²) in [7, 11) is 1.77. The van der Waals surface area contributed by atoms with Crippen molar-refractivity contribution >= 4 is 17.0 Å². The van der Waals surface area contributed by atoms with Crippen molar-refractivity contribution in [1.82, 2.24) is 20.2 Å². The van der Waals surface area contributed by atoms with Crippen molar-refractivity contribution in [3.05, 3.63) is 6.20 Å². The minimum Gasteiger partial charge on any atom is -0.474 e. The first kappa shape index (κ1) is 11.2. The minimum absolute atomic E-state index is 0.149. The zero-order chi connectivity index (χ0) is 12.4. The molecule has 0 bridgehead atoms. The van der Waals surface area contributed by atoms with Gasteiger partial charge >= 0.3 is 0 Å². The summed E-state index contributed by atoms with van der Waals surface area (Å²) < 4.78 is 11.2. The average molecular weight is 249 g/mol. The van der Waals surface area contributed by atoms with Gasteiger partial charge in [0.15, 0.2) is 5.65 Å². The van der Waals surface area contributed by atoms with Crippen LogP contribution in [0.5, 0.6) is 5.88 Å². The van der Waals surface area contributed by atoms with Crippen LogP contribution in [0, 0.1) is 0 Å². The number of H-pyrrole nitrogens is 1. The van der Waals surface area contributed by atoms with Gasteiger partial charge in [-0.3, -0.25) is 5.10 Å². The molecular formula is C11H15N5O2. The zero-order valence-corrected chi connectivity index (χ0v) is 10.1. The highest BCUT2D eigenvalue weighted by Gasteiger charge is 2.18. The monoisotopic (exact) mass is 249 g/mol. The van der Waals surface area contributed by atoms with E-state index in [9.17, 15) is 0 Å². The Kier molecular flexibility index (Phi) is 2.97. The van der Waals surface area contributed by atoms with Gasteiger partial charge in [-0.25, -0.2) is 0 Å². The van der Waals surface area contributed by atoms with Crippen molar-refractivity contribution in [2.24, 2.45) is 0 Å². The third-order valence-electron chi connectivity index (χ3n) is 2.95. The molecule has 0 saturated carbocycles. The van der Waals surface area contributed by atoms with Crippen LogP contribution < -0.4 is 10.1 Å². The van der Waals surface area contributed by atoms with Crippen LogP contribution in [0.1, 0.15) is 12.8 Å². The number of rotatable bonds is 3. The smallest absolute Gasteiger partial charge is 0.229 e. The van der Waals surface area contributed by atoms with E-state index in [1.807, 2.05) is 0 Å². The molecule has 7 nitrogen and oxygen atoms in total. The molecule has 2 N–H and O–H groups in total. The molecule has 0 unspecified atom stereocenters. The van der Waals surface area contributed by atoms with E-state index in [-0.39, 0.29) is 6.10 Å². The number of anilines is 1. The first-order valence-electron chi connectivity index (χ1n) is 6.00. The van der Waals surface area contributed by atoms with Crippen LogP contribution in [0.2, 0.25) is 0 Å². The number of fused-ring (bicyclic) bond motifs is 1. The normalized spacial score (nSPS) is 16.9. The minimum atomic E-state index is 0.149. The maximum absolute atomic E-state index is 5.94. The van der Waals surface area contributed by atoms with Crippen molar-refractivity contribution in [3.63, 3.8) is 0 Å². The maximum atomic E-state index is 5.94. The number of aromatic nitrogens is 4. The van der Waals surface area contributed by atoms with Crippen LogP contribution in [-0.4, -0.2) is 46.5 Å². The zero-order valence-electron chi connectivity index (χ0n) is 10.1. The predicted molar refractivity (Wildman–Crippen MR) is 65.7 cm³/mol. The van der Waals surface area contributed by atoms with Gasteiger partial charge in [-0.2, -0.15) is 15.1 Å². The van der Waals surface area contributed by atoms with Gasteiger partial charge in [0.2, 0.25) is 11.8 Å². The summed E-state index contributed by atoms with van der Waals surface area (Å²) >= 11 is 0. The highest BCUT2D eigenvalue weighted by atomic mass is 16.5. The van der Waals surface area contributed by atoms with Crippen LogP contribution in [0.3, 0.4) is 0 Å². The highest BCUT2D eigenvalue weighted by molar-refractivity contribution is 5.80. The Morgan fingerprint density at radius 2 is 2.22 bits per heavy atom. The van der Waals surface area contributed by atoms with Crippen LogP contribution in [0.25, 0.3) is 11.0 Å². The molecule has 0 atom stereocenters. The molecule has 0 aliphatic carbocycles. The molecule has 3 rings (SSSR count). The molecule has 3 heterocycles. The fourth-order valence-electron chi connectivity index (χ4n) is 1.96. The molecule has 96 valence electrons. The Balaban J connectivity index is 1.91. The Labute approximate surface area is 104 Å². The molecular weight excluding hydrogens is 234 g/mol. The lowest BCUT2D eigenvalue weighted by atomic mass is 10.1. The SMILES string of the molecule is CNc1nc(OC2CCOCC2)c2cn[nH]c2n1. The Morgan fingerprint density at radius 1 is 1.39 bits per heavy atom. The van der Waals surface area contributed by atoms with Gasteiger partial charge in [0.25, 0.3) is 0 Å². The average Bonchev–Trinajstić information content (AvgIpc) is 2.88. The van der Waals surface area contributed by atoms with E-state index in [0.717, 1.165) is 31.4 Å². The third-order valence-corrected chi connectivity index (χ3v) is 2.95. The summed E-state index contributed by atoms with van der Waals surface area (Å²) in [5.74, 6) is 1.10. The highest BCUT2D eigenvalue weighted by Crippen LogP contribution is 2.25. The standard InChI is InChI=1S/C11H15N5O2/c1-12-11-14-9-8(6-13-16-9)10(15-11)18-7-2-4-17-5-3-7/h6-7H,2-5H2,1H3,(H2,12,13,14,15,16). The predicted octanol–water partition coefficient (Wildman–Crippen LogP) is 0.952. The molecule has 1 fully saturated rings. The number of aromatic amines is 1. The van der Waals surface area contributed by atoms with Gasteiger partial charge in [0, 0.05) is 19.9 Å². The second-order valence-corrected chi connectivity index (χ2v) is 4.16. The van der Waals surface area contributed by atoms with Crippen molar-refractivity contribution in [1.29, 1.82) is 0 Å². The second kappa shape index (κ2) is 4.77. The van der Waals surface area contributed by atoms with E-state index < -0.39 is 0 Å². The fourth-order valence-corrected chi connectivity index (χ4v) is 1.96. The van der Waals surface area contributed by atoms with Crippen LogP contribution in [0.15, 0.2) is 6.20 Å². The van der Waals surface area contributed by atoms with Crippen LogP contribution in [0.4, 0.5) is 5.95 Å². The Morgan fingerprint density at radius 3 is 3.00 bits per heavy atom. The molecule has 18 heavy (non-hydrogen) atoms. The molecule has 0 aromatic carbocycles. The van der Waals surface area contributed by atoms with Gasteiger partial charge in [0.05, 0.1) is 19.4 Å². The van der Waals surface area contributed by atoms with E-state index >= 15 is 0 Å². The molecule has 0 radical (unpaired) electrons. The molecule has 0 spiro atoms. The van der Waals surface area contributed by atoms with Gasteiger partial charge in [-0.05, 0) is 0 Å². The molecule has 1 aliphatic rings. The first-order valence-corrected chi connectivity index (χ1v) is 6.00. The lowest BCUT2D eigenvalue weighted by molar-refractivity contribution is 0.0244. The summed E-state index contributed by atoms with van der Waals surface area (Å²) in [5.41, 5.74) is 0.677. The number of nitrogens with zero attached hydrogens (tertiary/aromatic N) is 3. The summed E-state index contributed by atoms with van der Waals surface area (Å²) in [5, 5.41) is 10.5. The summed E-state index contributed by atoms with van der Waals surface area (Å²) in [6.45, 7) is 1.48. The van der Waals surface area contributed by atoms with E-state index in [0.29, 0.717) is 17.5 Å². The molecule has 7 heteroatoms. The molecule has 2 aromatic heterocycles. The first-order chi connectivity index (χ1) is 8.86. The fraction of sp³-hybridized carbons (Fsp3) is 0.545. The lowest BCUT2D eigenvalue weighted by Gasteiger charge is -2.22. The second-order valence-electron chi connectivity index (χ2n) is 4.16. The van der Waals surface area contributed by atoms with E-state index in [2.05, 4.69) is 25.5 Å². The number of hydrogen-bond acceptors (Lipinski definition) is 6. The topological polar surface area (TPSA) is 85.0 Å². The van der Waals surface area contributed by atoms with Gasteiger partial charge in [-0.15, -0.1) is 0 Å². The summed E-state index contributed by atoms with van der Waals surface area (Å²) in [4.78, 5) is 8.60. The summed E-state index contributed by atoms with van der Waals surface area (Å²) in [6.07, 6.45) is 3.61. The van der Waals surface area contributed by atoms with Gasteiger partial charge < -0.3 is 14.8 Å². The Bertz CT molecular complexity index is 535. The van der Waals surface area contributed by atoms with E-state index in [1.165, 1.54) is 0 Å².